The van der Waals surface area contributed by atoms with Gasteiger partial charge < -0.3 is 5.32 Å². The van der Waals surface area contributed by atoms with Crippen molar-refractivity contribution in [2.75, 3.05) is 5.32 Å². The van der Waals surface area contributed by atoms with Crippen LogP contribution in [0.3, 0.4) is 0 Å². The summed E-state index contributed by atoms with van der Waals surface area (Å²) in [4.78, 5) is 35.8. The molecule has 1 aliphatic rings. The fourth-order valence-electron chi connectivity index (χ4n) is 2.40. The van der Waals surface area contributed by atoms with E-state index in [9.17, 15) is 14.4 Å². The van der Waals surface area contributed by atoms with Gasteiger partial charge in [-0.25, -0.2) is 0 Å². The first-order chi connectivity index (χ1) is 10.5. The van der Waals surface area contributed by atoms with Crippen LogP contribution in [-0.2, 0) is 0 Å². The number of aryl methyl sites for hydroxylation is 2. The van der Waals surface area contributed by atoms with E-state index in [-0.39, 0.29) is 17.0 Å². The van der Waals surface area contributed by atoms with Crippen LogP contribution in [0.25, 0.3) is 0 Å². The van der Waals surface area contributed by atoms with Crippen LogP contribution in [0, 0.1) is 13.8 Å². The lowest BCUT2D eigenvalue weighted by atomic mass is 10.0. The first-order valence-electron chi connectivity index (χ1n) is 6.84. The summed E-state index contributed by atoms with van der Waals surface area (Å²) < 4.78 is 0. The van der Waals surface area contributed by atoms with Crippen LogP contribution in [0.5, 0.6) is 0 Å². The minimum atomic E-state index is -0.490. The molecule has 0 fully saturated rings. The Kier molecular flexibility index (Phi) is 3.25. The van der Waals surface area contributed by atoms with E-state index in [1.807, 2.05) is 19.9 Å². The number of hydrogen-bond donors (Lipinski definition) is 2. The van der Waals surface area contributed by atoms with E-state index in [1.165, 1.54) is 0 Å². The number of carbonyl (C=O) groups excluding carboxylic acids is 3. The second kappa shape index (κ2) is 5.11. The molecule has 3 rings (SSSR count). The predicted molar refractivity (Wildman–Crippen MR) is 82.1 cm³/mol. The SMILES string of the molecule is Cc1ccc(C(=O)Nc2cccc3c2C(=O)NC3=O)cc1C. The zero-order valence-corrected chi connectivity index (χ0v) is 12.2. The van der Waals surface area contributed by atoms with Crippen LogP contribution < -0.4 is 10.6 Å². The van der Waals surface area contributed by atoms with Crippen molar-refractivity contribution in [3.63, 3.8) is 0 Å². The molecule has 3 amide bonds. The van der Waals surface area contributed by atoms with Gasteiger partial charge in [-0.1, -0.05) is 12.1 Å². The van der Waals surface area contributed by atoms with Crippen molar-refractivity contribution in [1.29, 1.82) is 0 Å². The summed E-state index contributed by atoms with van der Waals surface area (Å²) in [5.74, 6) is -1.25. The van der Waals surface area contributed by atoms with Crippen LogP contribution in [-0.4, -0.2) is 17.7 Å². The average Bonchev–Trinajstić information content (AvgIpc) is 2.78. The van der Waals surface area contributed by atoms with Crippen molar-refractivity contribution in [2.45, 2.75) is 13.8 Å². The highest BCUT2D eigenvalue weighted by Gasteiger charge is 2.29. The Hall–Kier alpha value is -2.95. The third kappa shape index (κ3) is 2.26. The van der Waals surface area contributed by atoms with Gasteiger partial charge in [-0.3, -0.25) is 19.7 Å². The quantitative estimate of drug-likeness (QED) is 0.835. The molecule has 0 radical (unpaired) electrons. The van der Waals surface area contributed by atoms with Gasteiger partial charge >= 0.3 is 0 Å². The van der Waals surface area contributed by atoms with Gasteiger partial charge in [-0.05, 0) is 49.2 Å². The molecule has 0 aromatic heterocycles. The van der Waals surface area contributed by atoms with Crippen LogP contribution in [0.4, 0.5) is 5.69 Å². The molecule has 1 heterocycles. The van der Waals surface area contributed by atoms with Crippen molar-refractivity contribution in [3.8, 4) is 0 Å². The molecular weight excluding hydrogens is 280 g/mol. The van der Waals surface area contributed by atoms with Crippen LogP contribution in [0.1, 0.15) is 42.2 Å². The third-order valence-electron chi connectivity index (χ3n) is 3.78. The molecule has 2 N–H and O–H groups in total. The Bertz CT molecular complexity index is 825. The Morgan fingerprint density at radius 2 is 1.77 bits per heavy atom. The number of fused-ring (bicyclic) bond motifs is 1. The molecule has 2 aromatic carbocycles. The van der Waals surface area contributed by atoms with E-state index in [1.54, 1.807) is 30.3 Å². The first kappa shape index (κ1) is 14.0. The smallest absolute Gasteiger partial charge is 0.261 e. The van der Waals surface area contributed by atoms with Gasteiger partial charge in [0.25, 0.3) is 17.7 Å². The van der Waals surface area contributed by atoms with E-state index >= 15 is 0 Å². The molecule has 110 valence electrons. The van der Waals surface area contributed by atoms with E-state index in [4.69, 9.17) is 0 Å². The molecule has 1 aliphatic heterocycles. The fourth-order valence-corrected chi connectivity index (χ4v) is 2.40. The fraction of sp³-hybridized carbons (Fsp3) is 0.118. The molecule has 0 aliphatic carbocycles. The summed E-state index contributed by atoms with van der Waals surface area (Å²) in [6, 6.07) is 10.2. The van der Waals surface area contributed by atoms with Crippen molar-refractivity contribution in [3.05, 3.63) is 64.2 Å². The van der Waals surface area contributed by atoms with Gasteiger partial charge in [0.15, 0.2) is 0 Å². The molecule has 0 spiro atoms. The summed E-state index contributed by atoms with van der Waals surface area (Å²) >= 11 is 0. The molecule has 22 heavy (non-hydrogen) atoms. The molecule has 0 saturated carbocycles. The molecule has 5 nitrogen and oxygen atoms in total. The van der Waals surface area contributed by atoms with Gasteiger partial charge in [0.2, 0.25) is 0 Å². The topological polar surface area (TPSA) is 75.3 Å². The highest BCUT2D eigenvalue weighted by molar-refractivity contribution is 6.25. The van der Waals surface area contributed by atoms with Gasteiger partial charge in [0.05, 0.1) is 16.8 Å². The zero-order valence-electron chi connectivity index (χ0n) is 12.2. The van der Waals surface area contributed by atoms with Crippen molar-refractivity contribution in [1.82, 2.24) is 5.32 Å². The number of nitrogens with one attached hydrogen (secondary N) is 2. The van der Waals surface area contributed by atoms with Crippen LogP contribution >= 0.6 is 0 Å². The van der Waals surface area contributed by atoms with Gasteiger partial charge in [-0.2, -0.15) is 0 Å². The van der Waals surface area contributed by atoms with E-state index < -0.39 is 11.8 Å². The Morgan fingerprint density at radius 1 is 1.00 bits per heavy atom. The monoisotopic (exact) mass is 294 g/mol. The van der Waals surface area contributed by atoms with E-state index in [2.05, 4.69) is 10.6 Å². The summed E-state index contributed by atoms with van der Waals surface area (Å²) in [6.45, 7) is 3.90. The first-order valence-corrected chi connectivity index (χ1v) is 6.84. The number of anilines is 1. The van der Waals surface area contributed by atoms with Gasteiger partial charge in [0, 0.05) is 5.56 Å². The summed E-state index contributed by atoms with van der Waals surface area (Å²) in [7, 11) is 0. The molecule has 2 aromatic rings. The zero-order chi connectivity index (χ0) is 15.9. The van der Waals surface area contributed by atoms with E-state index in [0.29, 0.717) is 11.3 Å². The standard InChI is InChI=1S/C17H14N2O3/c1-9-6-7-11(8-10(9)2)15(20)18-13-5-3-4-12-14(13)17(22)19-16(12)21/h3-8H,1-2H3,(H,18,20)(H,19,21,22). The minimum absolute atomic E-state index is 0.213. The van der Waals surface area contributed by atoms with Crippen LogP contribution in [0.15, 0.2) is 36.4 Å². The molecule has 0 atom stereocenters. The predicted octanol–water partition coefficient (Wildman–Crippen LogP) is 2.44. The van der Waals surface area contributed by atoms with Crippen molar-refractivity contribution >= 4 is 23.4 Å². The Labute approximate surface area is 127 Å². The van der Waals surface area contributed by atoms with Crippen molar-refractivity contribution < 1.29 is 14.4 Å². The molecule has 5 heteroatoms. The average molecular weight is 294 g/mol. The Balaban J connectivity index is 1.94. The number of carbonyl (C=O) groups is 3. The lowest BCUT2D eigenvalue weighted by Crippen LogP contribution is -2.21. The summed E-state index contributed by atoms with van der Waals surface area (Å²) in [5, 5.41) is 4.93. The molecule has 0 saturated heterocycles. The second-order valence-corrected chi connectivity index (χ2v) is 5.26. The highest BCUT2D eigenvalue weighted by Crippen LogP contribution is 2.25. The summed E-state index contributed by atoms with van der Waals surface area (Å²) in [6.07, 6.45) is 0. The highest BCUT2D eigenvalue weighted by atomic mass is 16.2. The molecule has 0 bridgehead atoms. The number of hydrogen-bond acceptors (Lipinski definition) is 3. The molecular formula is C17H14N2O3. The number of amides is 3. The second-order valence-electron chi connectivity index (χ2n) is 5.26. The number of imide groups is 1. The van der Waals surface area contributed by atoms with Crippen LogP contribution in [0.2, 0.25) is 0 Å². The lowest BCUT2D eigenvalue weighted by Gasteiger charge is -2.09. The maximum absolute atomic E-state index is 12.3. The number of rotatable bonds is 2. The maximum atomic E-state index is 12.3. The third-order valence-corrected chi connectivity index (χ3v) is 3.78. The van der Waals surface area contributed by atoms with Gasteiger partial charge in [0.1, 0.15) is 0 Å². The van der Waals surface area contributed by atoms with Crippen molar-refractivity contribution in [2.24, 2.45) is 0 Å². The lowest BCUT2D eigenvalue weighted by molar-refractivity contribution is 0.0879. The molecule has 0 unspecified atom stereocenters. The Morgan fingerprint density at radius 3 is 2.50 bits per heavy atom. The van der Waals surface area contributed by atoms with E-state index in [0.717, 1.165) is 11.1 Å². The minimum Gasteiger partial charge on any atom is -0.321 e. The normalized spacial score (nSPS) is 12.8. The largest absolute Gasteiger partial charge is 0.321 e. The van der Waals surface area contributed by atoms with Gasteiger partial charge in [-0.15, -0.1) is 0 Å². The number of benzene rings is 2. The summed E-state index contributed by atoms with van der Waals surface area (Å²) in [5.41, 5.74) is 3.45. The maximum Gasteiger partial charge on any atom is 0.261 e.